The second-order valence-electron chi connectivity index (χ2n) is 5.99. The van der Waals surface area contributed by atoms with Crippen LogP contribution in [0.4, 0.5) is 0 Å². The Kier molecular flexibility index (Phi) is 4.42. The summed E-state index contributed by atoms with van der Waals surface area (Å²) in [4.78, 5) is 23.5. The van der Waals surface area contributed by atoms with Crippen LogP contribution in [0.1, 0.15) is 29.6 Å². The molecule has 3 rings (SSSR count). The van der Waals surface area contributed by atoms with Gasteiger partial charge in [-0.2, -0.15) is 0 Å². The number of carbonyl (C=O) groups excluding carboxylic acids is 1. The van der Waals surface area contributed by atoms with Gasteiger partial charge in [-0.05, 0) is 35.6 Å². The second-order valence-corrected chi connectivity index (χ2v) is 5.99. The summed E-state index contributed by atoms with van der Waals surface area (Å²) in [5.74, 6) is -0.860. The van der Waals surface area contributed by atoms with Crippen molar-refractivity contribution >= 4 is 11.9 Å². The Hall–Kier alpha value is -2.62. The van der Waals surface area contributed by atoms with Crippen LogP contribution >= 0.6 is 0 Å². The molecular weight excluding hydrogens is 290 g/mol. The predicted octanol–water partition coefficient (Wildman–Crippen LogP) is 3.34. The Bertz CT molecular complexity index is 690. The highest BCUT2D eigenvalue weighted by molar-refractivity contribution is 5.97. The molecule has 1 amide bonds. The van der Waals surface area contributed by atoms with Crippen LogP contribution in [0.25, 0.3) is 11.1 Å². The zero-order valence-corrected chi connectivity index (χ0v) is 12.7. The van der Waals surface area contributed by atoms with Gasteiger partial charge in [0.15, 0.2) is 0 Å². The smallest absolute Gasteiger partial charge is 0.326 e. The van der Waals surface area contributed by atoms with Crippen molar-refractivity contribution < 1.29 is 14.7 Å². The summed E-state index contributed by atoms with van der Waals surface area (Å²) < 4.78 is 0. The van der Waals surface area contributed by atoms with Crippen LogP contribution in [0.5, 0.6) is 0 Å². The first-order valence-electron chi connectivity index (χ1n) is 7.82. The largest absolute Gasteiger partial charge is 0.480 e. The zero-order chi connectivity index (χ0) is 16.2. The molecule has 4 nitrogen and oxygen atoms in total. The predicted molar refractivity (Wildman–Crippen MR) is 88.1 cm³/mol. The third-order valence-electron chi connectivity index (χ3n) is 4.12. The Morgan fingerprint density at radius 2 is 1.61 bits per heavy atom. The van der Waals surface area contributed by atoms with Gasteiger partial charge in [-0.3, -0.25) is 4.79 Å². The van der Waals surface area contributed by atoms with Crippen LogP contribution in [0.3, 0.4) is 0 Å². The maximum Gasteiger partial charge on any atom is 0.326 e. The highest BCUT2D eigenvalue weighted by Gasteiger charge is 2.30. The Labute approximate surface area is 135 Å². The molecule has 2 aromatic rings. The Morgan fingerprint density at radius 1 is 1.00 bits per heavy atom. The molecule has 0 spiro atoms. The molecule has 0 saturated heterocycles. The minimum atomic E-state index is -0.967. The van der Waals surface area contributed by atoms with Gasteiger partial charge in [-0.1, -0.05) is 55.3 Å². The second kappa shape index (κ2) is 6.65. The van der Waals surface area contributed by atoms with Crippen molar-refractivity contribution in [3.8, 4) is 11.1 Å². The maximum absolute atomic E-state index is 12.2. The molecule has 2 N–H and O–H groups in total. The summed E-state index contributed by atoms with van der Waals surface area (Å²) in [6.07, 6.45) is 2.64. The first kappa shape index (κ1) is 15.3. The molecule has 1 atom stereocenters. The molecule has 1 fully saturated rings. The minimum absolute atomic E-state index is 0.335. The molecule has 23 heavy (non-hydrogen) atoms. The lowest BCUT2D eigenvalue weighted by atomic mass is 10.0. The standard InChI is InChI=1S/C19H19NO3/c21-18(20-17(19(22)23)12-13-6-7-13)16-10-8-15(9-11-16)14-4-2-1-3-5-14/h1-5,8-11,13,17H,6-7,12H2,(H,20,21)(H,22,23)/t17-/m1/s1. The topological polar surface area (TPSA) is 66.4 Å². The van der Waals surface area contributed by atoms with E-state index < -0.39 is 12.0 Å². The molecule has 4 heteroatoms. The SMILES string of the molecule is O=C(N[C@H](CC1CC1)C(=O)O)c1ccc(-c2ccccc2)cc1. The van der Waals surface area contributed by atoms with Crippen molar-refractivity contribution in [2.45, 2.75) is 25.3 Å². The lowest BCUT2D eigenvalue weighted by Gasteiger charge is -2.14. The number of amides is 1. The van der Waals surface area contributed by atoms with Gasteiger partial charge in [-0.25, -0.2) is 4.79 Å². The van der Waals surface area contributed by atoms with Gasteiger partial charge in [0.25, 0.3) is 5.91 Å². The molecule has 1 aliphatic rings. The van der Waals surface area contributed by atoms with Crippen LogP contribution in [-0.2, 0) is 4.79 Å². The number of nitrogens with one attached hydrogen (secondary N) is 1. The maximum atomic E-state index is 12.2. The molecule has 1 saturated carbocycles. The quantitative estimate of drug-likeness (QED) is 0.860. The van der Waals surface area contributed by atoms with E-state index in [1.165, 1.54) is 0 Å². The van der Waals surface area contributed by atoms with Gasteiger partial charge in [0.1, 0.15) is 6.04 Å². The van der Waals surface area contributed by atoms with Crippen molar-refractivity contribution in [2.24, 2.45) is 5.92 Å². The summed E-state index contributed by atoms with van der Waals surface area (Å²) in [5, 5.41) is 11.8. The number of rotatable bonds is 6. The van der Waals surface area contributed by atoms with Crippen molar-refractivity contribution in [2.75, 3.05) is 0 Å². The third-order valence-corrected chi connectivity index (χ3v) is 4.12. The number of benzene rings is 2. The average molecular weight is 309 g/mol. The van der Waals surface area contributed by atoms with Crippen LogP contribution < -0.4 is 5.32 Å². The van der Waals surface area contributed by atoms with Gasteiger partial charge in [0.05, 0.1) is 0 Å². The first-order chi connectivity index (χ1) is 11.1. The van der Waals surface area contributed by atoms with Crippen LogP contribution in [0, 0.1) is 5.92 Å². The Balaban J connectivity index is 1.68. The van der Waals surface area contributed by atoms with E-state index in [9.17, 15) is 14.7 Å². The minimum Gasteiger partial charge on any atom is -0.480 e. The van der Waals surface area contributed by atoms with E-state index in [0.717, 1.165) is 24.0 Å². The van der Waals surface area contributed by atoms with E-state index in [4.69, 9.17) is 0 Å². The molecule has 0 radical (unpaired) electrons. The van der Waals surface area contributed by atoms with Gasteiger partial charge < -0.3 is 10.4 Å². The highest BCUT2D eigenvalue weighted by Crippen LogP contribution is 2.33. The van der Waals surface area contributed by atoms with Crippen LogP contribution in [-0.4, -0.2) is 23.0 Å². The fourth-order valence-corrected chi connectivity index (χ4v) is 2.59. The number of carboxylic acid groups (broad SMARTS) is 1. The summed E-state index contributed by atoms with van der Waals surface area (Å²) in [6.45, 7) is 0. The number of carbonyl (C=O) groups is 2. The highest BCUT2D eigenvalue weighted by atomic mass is 16.4. The van der Waals surface area contributed by atoms with Crippen molar-refractivity contribution in [3.05, 3.63) is 60.2 Å². The molecule has 0 aromatic heterocycles. The zero-order valence-electron chi connectivity index (χ0n) is 12.7. The van der Waals surface area contributed by atoms with Crippen LogP contribution in [0.2, 0.25) is 0 Å². The van der Waals surface area contributed by atoms with Gasteiger partial charge >= 0.3 is 5.97 Å². The van der Waals surface area contributed by atoms with Crippen molar-refractivity contribution in [3.63, 3.8) is 0 Å². The van der Waals surface area contributed by atoms with Crippen molar-refractivity contribution in [1.29, 1.82) is 0 Å². The van der Waals surface area contributed by atoms with Crippen LogP contribution in [0.15, 0.2) is 54.6 Å². The molecule has 118 valence electrons. The van der Waals surface area contributed by atoms with E-state index in [-0.39, 0.29) is 5.91 Å². The van der Waals surface area contributed by atoms with Gasteiger partial charge in [0.2, 0.25) is 0 Å². The first-order valence-corrected chi connectivity index (χ1v) is 7.82. The summed E-state index contributed by atoms with van der Waals surface area (Å²) in [7, 11) is 0. The lowest BCUT2D eigenvalue weighted by Crippen LogP contribution is -2.41. The van der Waals surface area contributed by atoms with E-state index in [2.05, 4.69) is 5.32 Å². The molecule has 0 heterocycles. The third kappa shape index (κ3) is 3.97. The molecular formula is C19H19NO3. The monoisotopic (exact) mass is 309 g/mol. The number of carboxylic acids is 1. The Morgan fingerprint density at radius 3 is 2.17 bits per heavy atom. The van der Waals surface area contributed by atoms with Gasteiger partial charge in [-0.15, -0.1) is 0 Å². The van der Waals surface area contributed by atoms with E-state index >= 15 is 0 Å². The van der Waals surface area contributed by atoms with E-state index in [1.54, 1.807) is 12.1 Å². The molecule has 0 bridgehead atoms. The summed E-state index contributed by atoms with van der Waals surface area (Å²) >= 11 is 0. The molecule has 2 aromatic carbocycles. The number of hydrogen-bond donors (Lipinski definition) is 2. The number of aliphatic carboxylic acids is 1. The van der Waals surface area contributed by atoms with Crippen molar-refractivity contribution in [1.82, 2.24) is 5.32 Å². The van der Waals surface area contributed by atoms with E-state index in [1.807, 2.05) is 42.5 Å². The molecule has 1 aliphatic carbocycles. The lowest BCUT2D eigenvalue weighted by molar-refractivity contribution is -0.139. The summed E-state index contributed by atoms with van der Waals surface area (Å²) in [5.41, 5.74) is 2.58. The molecule has 0 unspecified atom stereocenters. The fourth-order valence-electron chi connectivity index (χ4n) is 2.59. The van der Waals surface area contributed by atoms with E-state index in [0.29, 0.717) is 17.9 Å². The number of hydrogen-bond acceptors (Lipinski definition) is 2. The summed E-state index contributed by atoms with van der Waals surface area (Å²) in [6, 6.07) is 16.3. The normalized spacial score (nSPS) is 15.0. The van der Waals surface area contributed by atoms with Gasteiger partial charge in [0, 0.05) is 5.56 Å². The fraction of sp³-hybridized carbons (Fsp3) is 0.263. The average Bonchev–Trinajstić information content (AvgIpc) is 3.39. The molecule has 0 aliphatic heterocycles.